The number of nitrogens with two attached hydrogens (primary N) is 1. The molecule has 100 valence electrons. The molecule has 0 spiro atoms. The normalized spacial score (nSPS) is 10.2. The first kappa shape index (κ1) is 14.6. The average molecular weight is 261 g/mol. The summed E-state index contributed by atoms with van der Waals surface area (Å²) in [6.45, 7) is -0.491. The molecule has 6 heteroatoms. The summed E-state index contributed by atoms with van der Waals surface area (Å²) >= 11 is 0. The quantitative estimate of drug-likeness (QED) is 0.433. The monoisotopic (exact) mass is 261 g/mol. The highest BCUT2D eigenvalue weighted by molar-refractivity contribution is 5.94. The smallest absolute Gasteiger partial charge is 0.265 e. The molecular formula is C13H15N3O3. The van der Waals surface area contributed by atoms with Crippen LogP contribution in [0.1, 0.15) is 5.56 Å². The molecule has 19 heavy (non-hydrogen) atoms. The summed E-state index contributed by atoms with van der Waals surface area (Å²) in [5, 5.41) is 0.904. The van der Waals surface area contributed by atoms with E-state index in [9.17, 15) is 14.4 Å². The summed E-state index contributed by atoms with van der Waals surface area (Å²) < 4.78 is 0. The molecule has 0 fully saturated rings. The topological polar surface area (TPSA) is 92.5 Å². The molecule has 0 unspecified atom stereocenters. The van der Waals surface area contributed by atoms with Gasteiger partial charge in [0.05, 0.1) is 13.1 Å². The van der Waals surface area contributed by atoms with Gasteiger partial charge in [0.15, 0.2) is 0 Å². The van der Waals surface area contributed by atoms with E-state index < -0.39 is 11.8 Å². The van der Waals surface area contributed by atoms with Crippen LogP contribution in [0.2, 0.25) is 0 Å². The van der Waals surface area contributed by atoms with E-state index >= 15 is 0 Å². The van der Waals surface area contributed by atoms with Gasteiger partial charge in [0.25, 0.3) is 11.8 Å². The van der Waals surface area contributed by atoms with E-state index in [1.807, 2.05) is 30.3 Å². The van der Waals surface area contributed by atoms with E-state index in [1.54, 1.807) is 6.08 Å². The third-order valence-electron chi connectivity index (χ3n) is 2.19. The number of carbonyl (C=O) groups is 3. The van der Waals surface area contributed by atoms with Gasteiger partial charge in [0.2, 0.25) is 0 Å². The molecular weight excluding hydrogens is 246 g/mol. The lowest BCUT2D eigenvalue weighted by Crippen LogP contribution is -2.48. The summed E-state index contributed by atoms with van der Waals surface area (Å²) in [6, 6.07) is 9.19. The third kappa shape index (κ3) is 5.13. The van der Waals surface area contributed by atoms with Crippen molar-refractivity contribution in [3.05, 3.63) is 42.0 Å². The van der Waals surface area contributed by atoms with E-state index in [0.717, 1.165) is 10.6 Å². The van der Waals surface area contributed by atoms with Crippen LogP contribution in [0.25, 0.3) is 6.08 Å². The van der Waals surface area contributed by atoms with Crippen LogP contribution in [0.15, 0.2) is 36.4 Å². The predicted octanol–water partition coefficient (Wildman–Crippen LogP) is -0.283. The Labute approximate surface area is 110 Å². The summed E-state index contributed by atoms with van der Waals surface area (Å²) in [7, 11) is 0. The number of hydrazine groups is 1. The first-order valence-corrected chi connectivity index (χ1v) is 5.65. The zero-order chi connectivity index (χ0) is 14.1. The van der Waals surface area contributed by atoms with Gasteiger partial charge < -0.3 is 10.5 Å². The molecule has 6 nitrogen and oxygen atoms in total. The first-order valence-electron chi connectivity index (χ1n) is 5.65. The number of aldehydes is 1. The van der Waals surface area contributed by atoms with Crippen molar-refractivity contribution in [2.45, 2.75) is 0 Å². The fourth-order valence-electron chi connectivity index (χ4n) is 1.28. The second-order valence-electron chi connectivity index (χ2n) is 3.60. The van der Waals surface area contributed by atoms with Crippen molar-refractivity contribution in [1.82, 2.24) is 10.4 Å². The van der Waals surface area contributed by atoms with Gasteiger partial charge >= 0.3 is 0 Å². The van der Waals surface area contributed by atoms with Gasteiger partial charge in [-0.2, -0.15) is 0 Å². The van der Waals surface area contributed by atoms with Crippen LogP contribution in [-0.2, 0) is 14.4 Å². The fourth-order valence-corrected chi connectivity index (χ4v) is 1.28. The maximum Gasteiger partial charge on any atom is 0.265 e. The molecule has 0 aliphatic heterocycles. The van der Waals surface area contributed by atoms with Crippen molar-refractivity contribution in [1.29, 1.82) is 0 Å². The number of carbonyl (C=O) groups excluding carboxylic acids is 3. The number of nitrogens with one attached hydrogen (secondary N) is 1. The Bertz CT molecular complexity index is 471. The highest BCUT2D eigenvalue weighted by Gasteiger charge is 2.12. The summed E-state index contributed by atoms with van der Waals surface area (Å²) in [4.78, 5) is 33.4. The molecule has 3 N–H and O–H groups in total. The van der Waals surface area contributed by atoms with Crippen LogP contribution >= 0.6 is 0 Å². The standard InChI is InChI=1S/C13H15N3O3/c14-10-12(18)15-16(8-9-17)13(19)7-6-11-4-2-1-3-5-11/h1-7,9H,8,10,14H2,(H,15,18). The molecule has 1 aromatic carbocycles. The van der Waals surface area contributed by atoms with Gasteiger partial charge in [-0.1, -0.05) is 30.3 Å². The zero-order valence-electron chi connectivity index (χ0n) is 10.3. The number of rotatable bonds is 5. The van der Waals surface area contributed by atoms with Crippen LogP contribution in [0.4, 0.5) is 0 Å². The van der Waals surface area contributed by atoms with Crippen LogP contribution in [0.3, 0.4) is 0 Å². The minimum absolute atomic E-state index is 0.232. The Kier molecular flexibility index (Phi) is 5.97. The Balaban J connectivity index is 2.69. The SMILES string of the molecule is NCC(=O)NN(CC=O)C(=O)C=Cc1ccccc1. The number of amides is 2. The van der Waals surface area contributed by atoms with Crippen LogP contribution in [0.5, 0.6) is 0 Å². The van der Waals surface area contributed by atoms with Crippen LogP contribution < -0.4 is 11.2 Å². The van der Waals surface area contributed by atoms with Gasteiger partial charge in [-0.05, 0) is 11.6 Å². The molecule has 0 saturated heterocycles. The molecule has 0 aliphatic rings. The summed E-state index contributed by atoms with van der Waals surface area (Å²) in [5.74, 6) is -1.04. The van der Waals surface area contributed by atoms with Crippen molar-refractivity contribution in [2.75, 3.05) is 13.1 Å². The van der Waals surface area contributed by atoms with Crippen molar-refractivity contribution >= 4 is 24.2 Å². The molecule has 0 aliphatic carbocycles. The molecule has 0 bridgehead atoms. The van der Waals surface area contributed by atoms with E-state index in [4.69, 9.17) is 5.73 Å². The molecule has 2 amide bonds. The Morgan fingerprint density at radius 3 is 2.53 bits per heavy atom. The third-order valence-corrected chi connectivity index (χ3v) is 2.19. The van der Waals surface area contributed by atoms with E-state index in [-0.39, 0.29) is 13.1 Å². The summed E-state index contributed by atoms with van der Waals surface area (Å²) in [6.07, 6.45) is 3.38. The number of nitrogens with zero attached hydrogens (tertiary/aromatic N) is 1. The van der Waals surface area contributed by atoms with Crippen LogP contribution in [0, 0.1) is 0 Å². The van der Waals surface area contributed by atoms with E-state index in [1.165, 1.54) is 6.08 Å². The second kappa shape index (κ2) is 7.78. The Hall–Kier alpha value is -2.47. The Morgan fingerprint density at radius 2 is 1.95 bits per heavy atom. The number of hydrogen-bond acceptors (Lipinski definition) is 4. The highest BCUT2D eigenvalue weighted by atomic mass is 16.2. The largest absolute Gasteiger partial charge is 0.322 e. The van der Waals surface area contributed by atoms with Crippen molar-refractivity contribution < 1.29 is 14.4 Å². The predicted molar refractivity (Wildman–Crippen MR) is 70.5 cm³/mol. The summed E-state index contributed by atoms with van der Waals surface area (Å²) in [5.41, 5.74) is 8.21. The fraction of sp³-hybridized carbons (Fsp3) is 0.154. The molecule has 1 aromatic rings. The maximum atomic E-state index is 11.8. The van der Waals surface area contributed by atoms with Crippen molar-refractivity contribution in [3.63, 3.8) is 0 Å². The zero-order valence-corrected chi connectivity index (χ0v) is 10.3. The molecule has 0 heterocycles. The molecule has 0 saturated carbocycles. The highest BCUT2D eigenvalue weighted by Crippen LogP contribution is 2.01. The van der Waals surface area contributed by atoms with Gasteiger partial charge in [0.1, 0.15) is 6.29 Å². The van der Waals surface area contributed by atoms with E-state index in [0.29, 0.717) is 6.29 Å². The Morgan fingerprint density at radius 1 is 1.26 bits per heavy atom. The number of hydrogen-bond donors (Lipinski definition) is 2. The van der Waals surface area contributed by atoms with Gasteiger partial charge in [-0.15, -0.1) is 0 Å². The molecule has 0 aromatic heterocycles. The average Bonchev–Trinajstić information content (AvgIpc) is 2.45. The number of benzene rings is 1. The van der Waals surface area contributed by atoms with Gasteiger partial charge in [0, 0.05) is 6.08 Å². The first-order chi connectivity index (χ1) is 9.17. The molecule has 0 atom stereocenters. The minimum atomic E-state index is -0.539. The van der Waals surface area contributed by atoms with Crippen LogP contribution in [-0.4, -0.2) is 36.2 Å². The minimum Gasteiger partial charge on any atom is -0.322 e. The van der Waals surface area contributed by atoms with Gasteiger partial charge in [-0.25, -0.2) is 5.01 Å². The molecule has 1 rings (SSSR count). The lowest BCUT2D eigenvalue weighted by atomic mass is 10.2. The molecule has 0 radical (unpaired) electrons. The van der Waals surface area contributed by atoms with E-state index in [2.05, 4.69) is 5.43 Å². The lowest BCUT2D eigenvalue weighted by Gasteiger charge is -2.18. The van der Waals surface area contributed by atoms with Gasteiger partial charge in [-0.3, -0.25) is 15.0 Å². The van der Waals surface area contributed by atoms with Crippen molar-refractivity contribution in [3.8, 4) is 0 Å². The van der Waals surface area contributed by atoms with Crippen molar-refractivity contribution in [2.24, 2.45) is 5.73 Å². The second-order valence-corrected chi connectivity index (χ2v) is 3.60. The maximum absolute atomic E-state index is 11.8. The lowest BCUT2D eigenvalue weighted by molar-refractivity contribution is -0.138.